The van der Waals surface area contributed by atoms with Crippen LogP contribution < -0.4 is 5.32 Å². The molecule has 2 heterocycles. The van der Waals surface area contributed by atoms with Crippen LogP contribution in [0.25, 0.3) is 0 Å². The number of carbonyl (C=O) groups excluding carboxylic acids is 1. The van der Waals surface area contributed by atoms with E-state index in [1.54, 1.807) is 36.4 Å². The number of rotatable bonds is 4. The number of hydrogen-bond acceptors (Lipinski definition) is 5. The number of nitrogens with zero attached hydrogens (tertiary/aromatic N) is 3. The summed E-state index contributed by atoms with van der Waals surface area (Å²) in [5, 5.41) is 12.2. The van der Waals surface area contributed by atoms with Crippen LogP contribution in [-0.2, 0) is 11.3 Å². The first-order valence-corrected chi connectivity index (χ1v) is 7.85. The molecule has 1 saturated heterocycles. The molecule has 0 spiro atoms. The number of anilines is 1. The van der Waals surface area contributed by atoms with E-state index in [1.807, 2.05) is 12.1 Å². The molecule has 0 saturated carbocycles. The van der Waals surface area contributed by atoms with Crippen molar-refractivity contribution >= 4 is 11.8 Å². The van der Waals surface area contributed by atoms with Gasteiger partial charge in [-0.3, -0.25) is 5.32 Å². The van der Waals surface area contributed by atoms with Crippen molar-refractivity contribution in [2.75, 3.05) is 19.0 Å². The summed E-state index contributed by atoms with van der Waals surface area (Å²) in [6, 6.07) is 8.47. The standard InChI is InChI=1S/C17H20N4O3/c1-24-11-16-18-9-8-15(19-16)20-17(23)21-10-2-3-14(21)12-4-6-13(22)7-5-12/h4-9,14,22H,2-3,10-11H2,1H3,(H,18,19,20,23). The smallest absolute Gasteiger partial charge is 0.323 e. The van der Waals surface area contributed by atoms with Crippen LogP contribution >= 0.6 is 0 Å². The second-order valence-electron chi connectivity index (χ2n) is 5.66. The normalized spacial score (nSPS) is 17.0. The Hall–Kier alpha value is -2.67. The van der Waals surface area contributed by atoms with Gasteiger partial charge >= 0.3 is 6.03 Å². The molecular weight excluding hydrogens is 308 g/mol. The Kier molecular flexibility index (Phi) is 4.90. The van der Waals surface area contributed by atoms with Gasteiger partial charge in [-0.1, -0.05) is 12.1 Å². The Balaban J connectivity index is 1.71. The van der Waals surface area contributed by atoms with Crippen molar-refractivity contribution in [1.82, 2.24) is 14.9 Å². The van der Waals surface area contributed by atoms with Gasteiger partial charge in [0.05, 0.1) is 6.04 Å². The fourth-order valence-electron chi connectivity index (χ4n) is 2.90. The van der Waals surface area contributed by atoms with Crippen molar-refractivity contribution in [3.8, 4) is 5.75 Å². The lowest BCUT2D eigenvalue weighted by Gasteiger charge is -2.25. The highest BCUT2D eigenvalue weighted by atomic mass is 16.5. The molecule has 1 aromatic carbocycles. The summed E-state index contributed by atoms with van der Waals surface area (Å²) in [6.45, 7) is 0.983. The molecule has 3 rings (SSSR count). The number of likely N-dealkylation sites (tertiary alicyclic amines) is 1. The molecule has 2 amide bonds. The van der Waals surface area contributed by atoms with Crippen LogP contribution in [0.4, 0.5) is 10.6 Å². The van der Waals surface area contributed by atoms with E-state index < -0.39 is 0 Å². The number of benzene rings is 1. The number of ether oxygens (including phenoxy) is 1. The zero-order valence-electron chi connectivity index (χ0n) is 13.5. The molecule has 1 atom stereocenters. The number of phenols is 1. The Labute approximate surface area is 140 Å². The van der Waals surface area contributed by atoms with Crippen molar-refractivity contribution in [2.45, 2.75) is 25.5 Å². The molecule has 2 aromatic rings. The molecule has 1 unspecified atom stereocenters. The summed E-state index contributed by atoms with van der Waals surface area (Å²) in [6.07, 6.45) is 3.44. The van der Waals surface area contributed by atoms with Gasteiger partial charge < -0.3 is 14.7 Å². The van der Waals surface area contributed by atoms with Gasteiger partial charge in [0, 0.05) is 19.9 Å². The van der Waals surface area contributed by atoms with Crippen LogP contribution in [0.1, 0.15) is 30.3 Å². The van der Waals surface area contributed by atoms with Crippen LogP contribution in [0.15, 0.2) is 36.5 Å². The minimum Gasteiger partial charge on any atom is -0.508 e. The van der Waals surface area contributed by atoms with Gasteiger partial charge in [-0.15, -0.1) is 0 Å². The highest BCUT2D eigenvalue weighted by molar-refractivity contribution is 5.88. The van der Waals surface area contributed by atoms with Crippen molar-refractivity contribution < 1.29 is 14.6 Å². The van der Waals surface area contributed by atoms with Crippen LogP contribution in [0.2, 0.25) is 0 Å². The number of urea groups is 1. The summed E-state index contributed by atoms with van der Waals surface area (Å²) < 4.78 is 5.00. The molecule has 7 nitrogen and oxygen atoms in total. The molecule has 1 aliphatic rings. The Bertz CT molecular complexity index is 705. The second kappa shape index (κ2) is 7.27. The third-order valence-corrected chi connectivity index (χ3v) is 4.01. The Morgan fingerprint density at radius 1 is 1.38 bits per heavy atom. The summed E-state index contributed by atoms with van der Waals surface area (Å²) in [7, 11) is 1.57. The van der Waals surface area contributed by atoms with Crippen molar-refractivity contribution in [1.29, 1.82) is 0 Å². The largest absolute Gasteiger partial charge is 0.508 e. The summed E-state index contributed by atoms with van der Waals surface area (Å²) in [5.74, 6) is 1.20. The van der Waals surface area contributed by atoms with Gasteiger partial charge in [0.1, 0.15) is 18.2 Å². The minimum atomic E-state index is -0.187. The van der Waals surface area contributed by atoms with E-state index in [0.29, 0.717) is 24.8 Å². The first-order chi connectivity index (χ1) is 11.7. The summed E-state index contributed by atoms with van der Waals surface area (Å²) in [5.41, 5.74) is 1.02. The minimum absolute atomic E-state index is 0.00545. The molecule has 2 N–H and O–H groups in total. The molecule has 126 valence electrons. The maximum absolute atomic E-state index is 12.6. The molecular formula is C17H20N4O3. The topological polar surface area (TPSA) is 87.6 Å². The predicted octanol–water partition coefficient (Wildman–Crippen LogP) is 2.70. The van der Waals surface area contributed by atoms with Crippen molar-refractivity contribution in [3.63, 3.8) is 0 Å². The van der Waals surface area contributed by atoms with Gasteiger partial charge in [0.15, 0.2) is 5.82 Å². The lowest BCUT2D eigenvalue weighted by molar-refractivity contribution is 0.178. The fourth-order valence-corrected chi connectivity index (χ4v) is 2.90. The molecule has 0 bridgehead atoms. The third kappa shape index (κ3) is 3.62. The average Bonchev–Trinajstić information content (AvgIpc) is 3.06. The number of amides is 2. The van der Waals surface area contributed by atoms with Gasteiger partial charge in [0.2, 0.25) is 0 Å². The monoisotopic (exact) mass is 328 g/mol. The summed E-state index contributed by atoms with van der Waals surface area (Å²) in [4.78, 5) is 22.7. The van der Waals surface area contributed by atoms with Crippen molar-refractivity contribution in [2.24, 2.45) is 0 Å². The molecule has 0 radical (unpaired) electrons. The first kappa shape index (κ1) is 16.2. The predicted molar refractivity (Wildman–Crippen MR) is 88.6 cm³/mol. The number of hydrogen-bond donors (Lipinski definition) is 2. The molecule has 1 aromatic heterocycles. The number of aromatic hydroxyl groups is 1. The maximum atomic E-state index is 12.6. The zero-order chi connectivity index (χ0) is 16.9. The van der Waals surface area contributed by atoms with E-state index in [-0.39, 0.29) is 17.8 Å². The summed E-state index contributed by atoms with van der Waals surface area (Å²) >= 11 is 0. The van der Waals surface area contributed by atoms with E-state index in [2.05, 4.69) is 15.3 Å². The second-order valence-corrected chi connectivity index (χ2v) is 5.66. The quantitative estimate of drug-likeness (QED) is 0.901. The Morgan fingerprint density at radius 2 is 2.17 bits per heavy atom. The van der Waals surface area contributed by atoms with Gasteiger partial charge in [0.25, 0.3) is 0 Å². The van der Waals surface area contributed by atoms with E-state index >= 15 is 0 Å². The fraction of sp³-hybridized carbons (Fsp3) is 0.353. The lowest BCUT2D eigenvalue weighted by atomic mass is 10.0. The van der Waals surface area contributed by atoms with Crippen LogP contribution in [0.5, 0.6) is 5.75 Å². The van der Waals surface area contributed by atoms with Crippen LogP contribution in [0.3, 0.4) is 0 Å². The number of carbonyl (C=O) groups is 1. The van der Waals surface area contributed by atoms with E-state index in [9.17, 15) is 9.90 Å². The van der Waals surface area contributed by atoms with E-state index in [1.165, 1.54) is 0 Å². The van der Waals surface area contributed by atoms with Crippen LogP contribution in [-0.4, -0.2) is 39.7 Å². The Morgan fingerprint density at radius 3 is 2.92 bits per heavy atom. The van der Waals surface area contributed by atoms with E-state index in [4.69, 9.17) is 4.74 Å². The molecule has 0 aliphatic carbocycles. The first-order valence-electron chi connectivity index (χ1n) is 7.85. The number of phenolic OH excluding ortho intramolecular Hbond substituents is 1. The van der Waals surface area contributed by atoms with Gasteiger partial charge in [-0.25, -0.2) is 14.8 Å². The number of nitrogens with one attached hydrogen (secondary N) is 1. The lowest BCUT2D eigenvalue weighted by Crippen LogP contribution is -2.34. The van der Waals surface area contributed by atoms with E-state index in [0.717, 1.165) is 18.4 Å². The van der Waals surface area contributed by atoms with Crippen molar-refractivity contribution in [3.05, 3.63) is 47.9 Å². The molecule has 1 fully saturated rings. The zero-order valence-corrected chi connectivity index (χ0v) is 13.5. The molecule has 1 aliphatic heterocycles. The highest BCUT2D eigenvalue weighted by Crippen LogP contribution is 2.32. The number of aromatic nitrogens is 2. The van der Waals surface area contributed by atoms with Gasteiger partial charge in [-0.05, 0) is 36.6 Å². The maximum Gasteiger partial charge on any atom is 0.323 e. The van der Waals surface area contributed by atoms with Crippen LogP contribution in [0, 0.1) is 0 Å². The SMILES string of the molecule is COCc1nccc(NC(=O)N2CCCC2c2ccc(O)cc2)n1. The van der Waals surface area contributed by atoms with Gasteiger partial charge in [-0.2, -0.15) is 0 Å². The third-order valence-electron chi connectivity index (χ3n) is 4.01. The molecule has 24 heavy (non-hydrogen) atoms. The number of methoxy groups -OCH3 is 1. The highest BCUT2D eigenvalue weighted by Gasteiger charge is 2.30. The average molecular weight is 328 g/mol. The molecule has 7 heteroatoms.